The molecule has 6 heteroatoms. The van der Waals surface area contributed by atoms with E-state index in [2.05, 4.69) is 5.32 Å². The summed E-state index contributed by atoms with van der Waals surface area (Å²) >= 11 is 6.14. The third-order valence-corrected chi connectivity index (χ3v) is 4.12. The molecular formula is C14H17ClN2O3. The molecule has 3 N–H and O–H groups in total. The van der Waals surface area contributed by atoms with Crippen LogP contribution in [0, 0.1) is 5.92 Å². The van der Waals surface area contributed by atoms with Crippen molar-refractivity contribution in [2.45, 2.75) is 31.7 Å². The van der Waals surface area contributed by atoms with E-state index in [4.69, 9.17) is 26.8 Å². The predicted molar refractivity (Wildman–Crippen MR) is 76.1 cm³/mol. The van der Waals surface area contributed by atoms with E-state index in [1.54, 1.807) is 12.1 Å². The van der Waals surface area contributed by atoms with E-state index < -0.39 is 0 Å². The Morgan fingerprint density at radius 3 is 2.80 bits per heavy atom. The van der Waals surface area contributed by atoms with Gasteiger partial charge >= 0.3 is 0 Å². The SMILES string of the molecule is NC1CCCC(C(=O)Nc2cc3c(cc2Cl)OCO3)C1. The molecule has 5 nitrogen and oxygen atoms in total. The second-order valence-corrected chi connectivity index (χ2v) is 5.71. The van der Waals surface area contributed by atoms with Gasteiger partial charge in [-0.2, -0.15) is 0 Å². The van der Waals surface area contributed by atoms with Crippen LogP contribution in [-0.4, -0.2) is 18.7 Å². The largest absolute Gasteiger partial charge is 0.454 e. The monoisotopic (exact) mass is 296 g/mol. The number of hydrogen-bond acceptors (Lipinski definition) is 4. The number of nitrogens with two attached hydrogens (primary N) is 1. The van der Waals surface area contributed by atoms with E-state index in [9.17, 15) is 4.79 Å². The Labute approximate surface area is 122 Å². The zero-order valence-corrected chi connectivity index (χ0v) is 11.8. The number of carbonyl (C=O) groups is 1. The molecule has 108 valence electrons. The zero-order chi connectivity index (χ0) is 14.1. The van der Waals surface area contributed by atoms with E-state index >= 15 is 0 Å². The molecular weight excluding hydrogens is 280 g/mol. The van der Waals surface area contributed by atoms with Gasteiger partial charge in [0.2, 0.25) is 12.7 Å². The highest BCUT2D eigenvalue weighted by Gasteiger charge is 2.26. The molecule has 1 aromatic rings. The maximum Gasteiger partial charge on any atom is 0.231 e. The summed E-state index contributed by atoms with van der Waals surface area (Å²) in [5.74, 6) is 1.14. The molecule has 0 saturated heterocycles. The summed E-state index contributed by atoms with van der Waals surface area (Å²) in [6.07, 6.45) is 3.60. The van der Waals surface area contributed by atoms with E-state index in [0.29, 0.717) is 22.2 Å². The molecule has 1 fully saturated rings. The lowest BCUT2D eigenvalue weighted by Gasteiger charge is -2.25. The molecule has 1 saturated carbocycles. The fourth-order valence-corrected chi connectivity index (χ4v) is 2.91. The van der Waals surface area contributed by atoms with Gasteiger partial charge in [-0.3, -0.25) is 4.79 Å². The van der Waals surface area contributed by atoms with Gasteiger partial charge < -0.3 is 20.5 Å². The van der Waals surface area contributed by atoms with Gasteiger partial charge in [-0.15, -0.1) is 0 Å². The number of hydrogen-bond donors (Lipinski definition) is 2. The average Bonchev–Trinajstić information content (AvgIpc) is 2.86. The molecule has 1 aliphatic heterocycles. The van der Waals surface area contributed by atoms with Crippen molar-refractivity contribution in [2.75, 3.05) is 12.1 Å². The molecule has 0 radical (unpaired) electrons. The Kier molecular flexibility index (Phi) is 3.72. The second-order valence-electron chi connectivity index (χ2n) is 5.30. The van der Waals surface area contributed by atoms with Crippen LogP contribution in [0.3, 0.4) is 0 Å². The molecule has 0 spiro atoms. The van der Waals surface area contributed by atoms with E-state index in [1.807, 2.05) is 0 Å². The lowest BCUT2D eigenvalue weighted by atomic mass is 9.85. The van der Waals surface area contributed by atoms with Crippen molar-refractivity contribution in [1.29, 1.82) is 0 Å². The van der Waals surface area contributed by atoms with Gasteiger partial charge in [0.1, 0.15) is 0 Å². The number of nitrogens with one attached hydrogen (secondary N) is 1. The van der Waals surface area contributed by atoms with Gasteiger partial charge in [0.05, 0.1) is 10.7 Å². The van der Waals surface area contributed by atoms with Gasteiger partial charge in [0.15, 0.2) is 11.5 Å². The van der Waals surface area contributed by atoms with Crippen LogP contribution in [-0.2, 0) is 4.79 Å². The molecule has 20 heavy (non-hydrogen) atoms. The first kappa shape index (κ1) is 13.5. The topological polar surface area (TPSA) is 73.6 Å². The van der Waals surface area contributed by atoms with Crippen LogP contribution in [0.25, 0.3) is 0 Å². The maximum atomic E-state index is 12.3. The molecule has 1 heterocycles. The van der Waals surface area contributed by atoms with Crippen LogP contribution in [0.1, 0.15) is 25.7 Å². The van der Waals surface area contributed by atoms with Crippen molar-refractivity contribution in [2.24, 2.45) is 11.7 Å². The van der Waals surface area contributed by atoms with Gasteiger partial charge in [-0.05, 0) is 19.3 Å². The van der Waals surface area contributed by atoms with Crippen LogP contribution in [0.5, 0.6) is 11.5 Å². The van der Waals surface area contributed by atoms with Crippen molar-refractivity contribution >= 4 is 23.2 Å². The molecule has 2 unspecified atom stereocenters. The minimum atomic E-state index is -0.0414. The average molecular weight is 297 g/mol. The highest BCUT2D eigenvalue weighted by Crippen LogP contribution is 2.39. The van der Waals surface area contributed by atoms with Crippen molar-refractivity contribution in [3.63, 3.8) is 0 Å². The molecule has 3 rings (SSSR count). The van der Waals surface area contributed by atoms with E-state index in [1.165, 1.54) is 0 Å². The first-order valence-electron chi connectivity index (χ1n) is 6.79. The Hall–Kier alpha value is -1.46. The summed E-state index contributed by atoms with van der Waals surface area (Å²) in [5.41, 5.74) is 6.47. The van der Waals surface area contributed by atoms with Crippen molar-refractivity contribution < 1.29 is 14.3 Å². The third-order valence-electron chi connectivity index (χ3n) is 3.81. The van der Waals surface area contributed by atoms with Crippen molar-refractivity contribution in [3.8, 4) is 11.5 Å². The smallest absolute Gasteiger partial charge is 0.231 e. The summed E-state index contributed by atoms with van der Waals surface area (Å²) in [6.45, 7) is 0.181. The number of ether oxygens (including phenoxy) is 2. The fraction of sp³-hybridized carbons (Fsp3) is 0.500. The summed E-state index contributed by atoms with van der Waals surface area (Å²) in [7, 11) is 0. The molecule has 0 bridgehead atoms. The molecule has 2 atom stereocenters. The molecule has 2 aliphatic rings. The predicted octanol–water partition coefficient (Wildman–Crippen LogP) is 2.52. The standard InChI is InChI=1S/C14H17ClN2O3/c15-10-5-12-13(20-7-19-12)6-11(10)17-14(18)8-2-1-3-9(16)4-8/h5-6,8-9H,1-4,7,16H2,(H,17,18). The van der Waals surface area contributed by atoms with Crippen LogP contribution in [0.15, 0.2) is 12.1 Å². The molecule has 1 amide bonds. The van der Waals surface area contributed by atoms with Crippen molar-refractivity contribution in [3.05, 3.63) is 17.2 Å². The van der Waals surface area contributed by atoms with Crippen LogP contribution >= 0.6 is 11.6 Å². The van der Waals surface area contributed by atoms with Crippen molar-refractivity contribution in [1.82, 2.24) is 0 Å². The summed E-state index contributed by atoms with van der Waals surface area (Å²) in [4.78, 5) is 12.3. The number of amides is 1. The zero-order valence-electron chi connectivity index (χ0n) is 11.0. The normalized spacial score (nSPS) is 24.5. The first-order chi connectivity index (χ1) is 9.63. The van der Waals surface area contributed by atoms with Gasteiger partial charge in [0, 0.05) is 24.1 Å². The minimum Gasteiger partial charge on any atom is -0.454 e. The number of benzene rings is 1. The van der Waals surface area contributed by atoms with Crippen LogP contribution < -0.4 is 20.5 Å². The highest BCUT2D eigenvalue weighted by molar-refractivity contribution is 6.34. The number of anilines is 1. The molecule has 1 aromatic carbocycles. The molecule has 1 aliphatic carbocycles. The third kappa shape index (κ3) is 2.69. The lowest BCUT2D eigenvalue weighted by molar-refractivity contribution is -0.120. The van der Waals surface area contributed by atoms with Gasteiger partial charge in [-0.1, -0.05) is 18.0 Å². The van der Waals surface area contributed by atoms with E-state index in [0.717, 1.165) is 25.7 Å². The van der Waals surface area contributed by atoms with Gasteiger partial charge in [-0.25, -0.2) is 0 Å². The Morgan fingerprint density at radius 1 is 1.30 bits per heavy atom. The summed E-state index contributed by atoms with van der Waals surface area (Å²) in [5, 5.41) is 3.32. The lowest BCUT2D eigenvalue weighted by Crippen LogP contribution is -2.34. The highest BCUT2D eigenvalue weighted by atomic mass is 35.5. The maximum absolute atomic E-state index is 12.3. The Bertz CT molecular complexity index is 535. The van der Waals surface area contributed by atoms with Crippen LogP contribution in [0.2, 0.25) is 5.02 Å². The number of halogens is 1. The minimum absolute atomic E-state index is 0.0269. The fourth-order valence-electron chi connectivity index (χ4n) is 2.71. The Morgan fingerprint density at radius 2 is 2.05 bits per heavy atom. The number of fused-ring (bicyclic) bond motifs is 1. The summed E-state index contributed by atoms with van der Waals surface area (Å²) < 4.78 is 10.5. The molecule has 0 aromatic heterocycles. The van der Waals surface area contributed by atoms with E-state index in [-0.39, 0.29) is 24.7 Å². The Balaban J connectivity index is 1.72. The quantitative estimate of drug-likeness (QED) is 0.879. The first-order valence-corrected chi connectivity index (χ1v) is 7.17. The van der Waals surface area contributed by atoms with Gasteiger partial charge in [0.25, 0.3) is 0 Å². The second kappa shape index (κ2) is 5.50. The number of rotatable bonds is 2. The number of carbonyl (C=O) groups excluding carboxylic acids is 1. The van der Waals surface area contributed by atoms with Crippen LogP contribution in [0.4, 0.5) is 5.69 Å². The summed E-state index contributed by atoms with van der Waals surface area (Å²) in [6, 6.07) is 3.48.